The number of anilines is 1. The number of allylic oxidation sites excluding steroid dienone is 1. The molecule has 0 aliphatic rings. The van der Waals surface area contributed by atoms with E-state index in [0.29, 0.717) is 5.71 Å². The molecular weight excluding hydrogens is 382 g/mol. The van der Waals surface area contributed by atoms with Gasteiger partial charge in [0.25, 0.3) is 0 Å². The van der Waals surface area contributed by atoms with Crippen molar-refractivity contribution in [1.82, 2.24) is 0 Å². The molecule has 0 heterocycles. The summed E-state index contributed by atoms with van der Waals surface area (Å²) in [4.78, 5) is 15.4. The quantitative estimate of drug-likeness (QED) is 0.307. The van der Waals surface area contributed by atoms with E-state index in [-0.39, 0.29) is 27.9 Å². The van der Waals surface area contributed by atoms with Gasteiger partial charge in [0.15, 0.2) is 0 Å². The zero-order valence-electron chi connectivity index (χ0n) is 13.2. The number of carbonyl (C=O) groups excluding carboxylic acids is 1. The van der Waals surface area contributed by atoms with E-state index in [1.807, 2.05) is 0 Å². The van der Waals surface area contributed by atoms with E-state index in [2.05, 4.69) is 27.1 Å². The number of hydrogen-bond donors (Lipinski definition) is 1. The minimum absolute atomic E-state index is 0.00104. The number of carbonyl (C=O) groups is 1. The lowest BCUT2D eigenvalue weighted by molar-refractivity contribution is -0.141. The lowest BCUT2D eigenvalue weighted by Gasteiger charge is -2.12. The Balaban J connectivity index is 3.08. The minimum atomic E-state index is -4.57. The lowest BCUT2D eigenvalue weighted by Crippen LogP contribution is -2.13. The van der Waals surface area contributed by atoms with Gasteiger partial charge in [-0.25, -0.2) is 4.79 Å². The molecule has 0 bridgehead atoms. The van der Waals surface area contributed by atoms with Crippen LogP contribution in [0, 0.1) is 0 Å². The van der Waals surface area contributed by atoms with Crippen LogP contribution in [0.1, 0.15) is 25.8 Å². The Morgan fingerprint density at radius 3 is 2.32 bits per heavy atom. The van der Waals surface area contributed by atoms with Crippen molar-refractivity contribution < 1.29 is 22.8 Å². The van der Waals surface area contributed by atoms with Gasteiger partial charge in [-0.1, -0.05) is 34.4 Å². The molecular formula is C15H14Cl2F3N3O2. The number of oxime groups is 1. The first-order valence-corrected chi connectivity index (χ1v) is 7.54. The Morgan fingerprint density at radius 1 is 1.32 bits per heavy atom. The van der Waals surface area contributed by atoms with E-state index in [4.69, 9.17) is 23.2 Å². The topological polar surface area (TPSA) is 63.0 Å². The molecule has 1 rings (SSSR count). The van der Waals surface area contributed by atoms with Crippen LogP contribution in [0.4, 0.5) is 18.9 Å². The highest BCUT2D eigenvalue weighted by atomic mass is 35.5. The highest BCUT2D eigenvalue weighted by Crippen LogP contribution is 2.38. The second-order valence-corrected chi connectivity index (χ2v) is 5.55. The number of nitrogens with one attached hydrogen (secondary N) is 1. The van der Waals surface area contributed by atoms with Crippen molar-refractivity contribution in [1.29, 1.82) is 0 Å². The van der Waals surface area contributed by atoms with Crippen LogP contribution in [0.3, 0.4) is 0 Å². The Morgan fingerprint density at radius 2 is 1.88 bits per heavy atom. The predicted molar refractivity (Wildman–Crippen MR) is 92.2 cm³/mol. The zero-order chi connectivity index (χ0) is 19.2. The molecule has 25 heavy (non-hydrogen) atoms. The molecule has 10 heteroatoms. The van der Waals surface area contributed by atoms with Gasteiger partial charge in [-0.05, 0) is 19.1 Å². The first-order chi connectivity index (χ1) is 11.6. The first kappa shape index (κ1) is 21.0. The molecule has 0 atom stereocenters. The SMILES string of the molecule is C=CCC(=N\OC(C)=O)/C(C)=N/Nc1c(Cl)cc(C(F)(F)F)cc1Cl. The number of rotatable bonds is 6. The molecule has 5 nitrogen and oxygen atoms in total. The Hall–Kier alpha value is -2.06. The molecule has 0 amide bonds. The molecule has 0 unspecified atom stereocenters. The molecule has 136 valence electrons. The summed E-state index contributed by atoms with van der Waals surface area (Å²) in [5.41, 5.74) is 2.10. The number of hydrazone groups is 1. The average molecular weight is 396 g/mol. The first-order valence-electron chi connectivity index (χ1n) is 6.78. The van der Waals surface area contributed by atoms with Crippen LogP contribution in [0.2, 0.25) is 10.0 Å². The molecule has 0 fully saturated rings. The number of nitrogens with zero attached hydrogens (tertiary/aromatic N) is 2. The van der Waals surface area contributed by atoms with Gasteiger partial charge in [-0.3, -0.25) is 5.43 Å². The average Bonchev–Trinajstić information content (AvgIpc) is 2.49. The van der Waals surface area contributed by atoms with E-state index in [1.54, 1.807) is 6.92 Å². The fourth-order valence-corrected chi connectivity index (χ4v) is 2.13. The molecule has 1 N–H and O–H groups in total. The summed E-state index contributed by atoms with van der Waals surface area (Å²) >= 11 is 11.7. The van der Waals surface area contributed by atoms with Crippen molar-refractivity contribution in [3.05, 3.63) is 40.4 Å². The molecule has 0 aliphatic heterocycles. The largest absolute Gasteiger partial charge is 0.416 e. The van der Waals surface area contributed by atoms with E-state index in [9.17, 15) is 18.0 Å². The molecule has 0 spiro atoms. The van der Waals surface area contributed by atoms with Gasteiger partial charge in [-0.2, -0.15) is 18.3 Å². The molecule has 0 aromatic heterocycles. The molecule has 0 saturated heterocycles. The Bertz CT molecular complexity index is 708. The summed E-state index contributed by atoms with van der Waals surface area (Å²) in [7, 11) is 0. The lowest BCUT2D eigenvalue weighted by atomic mass is 10.2. The highest BCUT2D eigenvalue weighted by Gasteiger charge is 2.32. The van der Waals surface area contributed by atoms with Gasteiger partial charge in [-0.15, -0.1) is 6.58 Å². The number of alkyl halides is 3. The normalized spacial score (nSPS) is 12.8. The molecule has 1 aromatic carbocycles. The maximum atomic E-state index is 12.7. The Kier molecular flexibility index (Phi) is 7.44. The van der Waals surface area contributed by atoms with Gasteiger partial charge >= 0.3 is 12.1 Å². The third-order valence-electron chi connectivity index (χ3n) is 2.74. The van der Waals surface area contributed by atoms with Crippen molar-refractivity contribution in [2.24, 2.45) is 10.3 Å². The number of benzene rings is 1. The summed E-state index contributed by atoms with van der Waals surface area (Å²) in [6.45, 7) is 6.27. The summed E-state index contributed by atoms with van der Waals surface area (Å²) in [5, 5.41) is 7.08. The molecule has 0 aliphatic carbocycles. The fraction of sp³-hybridized carbons (Fsp3) is 0.267. The predicted octanol–water partition coefficient (Wildman–Crippen LogP) is 5.30. The van der Waals surface area contributed by atoms with Crippen molar-refractivity contribution in [3.8, 4) is 0 Å². The monoisotopic (exact) mass is 395 g/mol. The van der Waals surface area contributed by atoms with Crippen LogP contribution >= 0.6 is 23.2 Å². The van der Waals surface area contributed by atoms with Crippen molar-refractivity contribution >= 4 is 46.3 Å². The second-order valence-electron chi connectivity index (χ2n) is 4.74. The van der Waals surface area contributed by atoms with Crippen LogP contribution in [0.25, 0.3) is 0 Å². The Labute approximate surface area is 152 Å². The van der Waals surface area contributed by atoms with Gasteiger partial charge in [0.1, 0.15) is 5.71 Å². The van der Waals surface area contributed by atoms with E-state index >= 15 is 0 Å². The molecule has 0 radical (unpaired) electrons. The van der Waals surface area contributed by atoms with E-state index in [0.717, 1.165) is 12.1 Å². The molecule has 1 aromatic rings. The van der Waals surface area contributed by atoms with Crippen LogP contribution in [0.15, 0.2) is 35.0 Å². The van der Waals surface area contributed by atoms with Gasteiger partial charge in [0, 0.05) is 13.3 Å². The van der Waals surface area contributed by atoms with Crippen LogP contribution in [0.5, 0.6) is 0 Å². The van der Waals surface area contributed by atoms with E-state index < -0.39 is 17.7 Å². The van der Waals surface area contributed by atoms with Crippen LogP contribution in [-0.4, -0.2) is 17.4 Å². The summed E-state index contributed by atoms with van der Waals surface area (Å²) in [6, 6.07) is 1.47. The summed E-state index contributed by atoms with van der Waals surface area (Å²) in [5.74, 6) is -0.615. The summed E-state index contributed by atoms with van der Waals surface area (Å²) < 4.78 is 38.1. The maximum absolute atomic E-state index is 12.7. The third kappa shape index (κ3) is 6.39. The molecule has 0 saturated carbocycles. The van der Waals surface area contributed by atoms with Crippen molar-refractivity contribution in [3.63, 3.8) is 0 Å². The van der Waals surface area contributed by atoms with E-state index in [1.165, 1.54) is 13.0 Å². The maximum Gasteiger partial charge on any atom is 0.416 e. The van der Waals surface area contributed by atoms with Crippen LogP contribution in [-0.2, 0) is 15.8 Å². The third-order valence-corrected chi connectivity index (χ3v) is 3.34. The van der Waals surface area contributed by atoms with Crippen molar-refractivity contribution in [2.75, 3.05) is 5.43 Å². The second kappa shape index (κ2) is 8.87. The minimum Gasteiger partial charge on any atom is -0.318 e. The number of hydrogen-bond acceptors (Lipinski definition) is 5. The number of halogens is 5. The zero-order valence-corrected chi connectivity index (χ0v) is 14.8. The van der Waals surface area contributed by atoms with Gasteiger partial charge in [0.05, 0.1) is 27.0 Å². The van der Waals surface area contributed by atoms with Gasteiger partial charge < -0.3 is 4.84 Å². The summed E-state index contributed by atoms with van der Waals surface area (Å²) in [6.07, 6.45) is -2.81. The smallest absolute Gasteiger partial charge is 0.318 e. The van der Waals surface area contributed by atoms with Gasteiger partial charge in [0.2, 0.25) is 0 Å². The highest BCUT2D eigenvalue weighted by molar-refractivity contribution is 6.42. The standard InChI is InChI=1S/C15H14Cl2F3N3O2/c1-4-5-13(23-25-9(3)24)8(2)21-22-14-11(16)6-10(7-12(14)17)15(18,19)20/h4,6-7,22H,1,5H2,2-3H3/b21-8+,23-13+. The van der Waals surface area contributed by atoms with Crippen LogP contribution < -0.4 is 5.43 Å². The fourth-order valence-electron chi connectivity index (χ4n) is 1.56. The van der Waals surface area contributed by atoms with Crippen molar-refractivity contribution in [2.45, 2.75) is 26.4 Å².